The van der Waals surface area contributed by atoms with Crippen molar-refractivity contribution in [3.63, 3.8) is 0 Å². The Balaban J connectivity index is 1.76. The van der Waals surface area contributed by atoms with Crippen LogP contribution in [0.2, 0.25) is 0 Å². The van der Waals surface area contributed by atoms with Crippen LogP contribution in [0, 0.1) is 20.8 Å². The number of aromatic nitrogens is 2. The van der Waals surface area contributed by atoms with Gasteiger partial charge in [-0.2, -0.15) is 0 Å². The van der Waals surface area contributed by atoms with Crippen molar-refractivity contribution in [2.75, 3.05) is 16.4 Å². The highest BCUT2D eigenvalue weighted by molar-refractivity contribution is 5.77. The summed E-state index contributed by atoms with van der Waals surface area (Å²) in [5.74, 6) is 1.23. The molecule has 0 aliphatic heterocycles. The minimum atomic E-state index is 0.508. The van der Waals surface area contributed by atoms with Gasteiger partial charge in [-0.1, -0.05) is 35.9 Å². The molecule has 1 heterocycles. The summed E-state index contributed by atoms with van der Waals surface area (Å²) in [6, 6.07) is 14.6. The van der Waals surface area contributed by atoms with Gasteiger partial charge in [-0.3, -0.25) is 0 Å². The van der Waals surface area contributed by atoms with Gasteiger partial charge in [0.2, 0.25) is 0 Å². The van der Waals surface area contributed by atoms with Crippen molar-refractivity contribution in [1.82, 2.24) is 9.97 Å². The lowest BCUT2D eigenvalue weighted by Gasteiger charge is -2.13. The fourth-order valence-corrected chi connectivity index (χ4v) is 2.71. The molecule has 2 aromatic carbocycles. The van der Waals surface area contributed by atoms with Crippen LogP contribution in [0.4, 0.5) is 23.0 Å². The number of nitrogens with zero attached hydrogens (tertiary/aromatic N) is 2. The molecule has 0 radical (unpaired) electrons. The molecule has 0 spiro atoms. The first-order chi connectivity index (χ1) is 12.0. The first-order valence-electron chi connectivity index (χ1n) is 8.26. The third-order valence-corrected chi connectivity index (χ3v) is 3.95. The van der Waals surface area contributed by atoms with Crippen molar-refractivity contribution in [1.29, 1.82) is 0 Å². The van der Waals surface area contributed by atoms with Crippen molar-refractivity contribution in [3.05, 3.63) is 71.0 Å². The number of aryl methyl sites for hydroxylation is 3. The van der Waals surface area contributed by atoms with Gasteiger partial charge in [0.15, 0.2) is 11.6 Å². The van der Waals surface area contributed by atoms with Gasteiger partial charge in [-0.15, -0.1) is 0 Å². The maximum atomic E-state index is 6.25. The number of rotatable bonds is 5. The number of nitrogen functional groups attached to an aromatic ring is 1. The average molecular weight is 333 g/mol. The molecule has 0 fully saturated rings. The monoisotopic (exact) mass is 333 g/mol. The Morgan fingerprint density at radius 1 is 0.840 bits per heavy atom. The van der Waals surface area contributed by atoms with Gasteiger partial charge in [0.1, 0.15) is 12.0 Å². The Labute approximate surface area is 148 Å². The fourth-order valence-electron chi connectivity index (χ4n) is 2.71. The molecule has 3 rings (SSSR count). The molecule has 0 aliphatic carbocycles. The van der Waals surface area contributed by atoms with E-state index in [9.17, 15) is 0 Å². The summed E-state index contributed by atoms with van der Waals surface area (Å²) in [5, 5.41) is 6.57. The van der Waals surface area contributed by atoms with Gasteiger partial charge < -0.3 is 16.4 Å². The van der Waals surface area contributed by atoms with E-state index in [0.717, 1.165) is 5.69 Å². The third kappa shape index (κ3) is 4.26. The van der Waals surface area contributed by atoms with Crippen LogP contribution >= 0.6 is 0 Å². The largest absolute Gasteiger partial charge is 0.393 e. The molecule has 5 nitrogen and oxygen atoms in total. The smallest absolute Gasteiger partial charge is 0.159 e. The van der Waals surface area contributed by atoms with Gasteiger partial charge >= 0.3 is 0 Å². The zero-order valence-electron chi connectivity index (χ0n) is 14.8. The zero-order valence-corrected chi connectivity index (χ0v) is 14.8. The van der Waals surface area contributed by atoms with Crippen LogP contribution in [0.3, 0.4) is 0 Å². The second-order valence-electron chi connectivity index (χ2n) is 6.33. The normalized spacial score (nSPS) is 10.5. The molecule has 0 aliphatic rings. The maximum absolute atomic E-state index is 6.25. The summed E-state index contributed by atoms with van der Waals surface area (Å²) in [5.41, 5.74) is 12.5. The average Bonchev–Trinajstić information content (AvgIpc) is 2.56. The molecule has 25 heavy (non-hydrogen) atoms. The molecule has 128 valence electrons. The van der Waals surface area contributed by atoms with Crippen LogP contribution in [0.25, 0.3) is 0 Å². The highest BCUT2D eigenvalue weighted by Crippen LogP contribution is 2.27. The molecule has 1 aromatic heterocycles. The van der Waals surface area contributed by atoms with Crippen molar-refractivity contribution >= 4 is 23.0 Å². The van der Waals surface area contributed by atoms with Crippen molar-refractivity contribution in [2.24, 2.45) is 0 Å². The predicted molar refractivity (Wildman–Crippen MR) is 104 cm³/mol. The molecule has 0 saturated carbocycles. The van der Waals surface area contributed by atoms with Gasteiger partial charge in [-0.25, -0.2) is 9.97 Å². The van der Waals surface area contributed by atoms with E-state index in [1.807, 2.05) is 0 Å². The molecule has 0 bridgehead atoms. The molecule has 0 saturated heterocycles. The molecule has 4 N–H and O–H groups in total. The van der Waals surface area contributed by atoms with Crippen LogP contribution in [0.1, 0.15) is 22.3 Å². The summed E-state index contributed by atoms with van der Waals surface area (Å²) in [6.45, 7) is 6.86. The summed E-state index contributed by atoms with van der Waals surface area (Å²) in [4.78, 5) is 8.53. The van der Waals surface area contributed by atoms with Gasteiger partial charge in [-0.05, 0) is 49.6 Å². The Hall–Kier alpha value is -3.08. The summed E-state index contributed by atoms with van der Waals surface area (Å²) >= 11 is 0. The van der Waals surface area contributed by atoms with E-state index < -0.39 is 0 Å². The molecular formula is C20H23N5. The number of hydrogen-bond acceptors (Lipinski definition) is 5. The number of hydrogen-bond donors (Lipinski definition) is 3. The van der Waals surface area contributed by atoms with Crippen LogP contribution < -0.4 is 16.4 Å². The SMILES string of the molecule is Cc1ccc(CNc2ncnc(Nc3cc(C)cc(C)c3)c2N)cc1. The molecular weight excluding hydrogens is 310 g/mol. The second-order valence-corrected chi connectivity index (χ2v) is 6.33. The van der Waals surface area contributed by atoms with Crippen molar-refractivity contribution < 1.29 is 0 Å². The Morgan fingerprint density at radius 2 is 1.48 bits per heavy atom. The minimum Gasteiger partial charge on any atom is -0.393 e. The van der Waals surface area contributed by atoms with Gasteiger partial charge in [0.25, 0.3) is 0 Å². The van der Waals surface area contributed by atoms with Gasteiger partial charge in [0.05, 0.1) is 0 Å². The van der Waals surface area contributed by atoms with E-state index in [1.54, 1.807) is 0 Å². The van der Waals surface area contributed by atoms with E-state index in [-0.39, 0.29) is 0 Å². The lowest BCUT2D eigenvalue weighted by atomic mass is 10.1. The zero-order chi connectivity index (χ0) is 17.8. The standard InChI is InChI=1S/C20H23N5/c1-13-4-6-16(7-5-13)11-22-19-18(21)20(24-12-23-19)25-17-9-14(2)8-15(3)10-17/h4-10,12H,11,21H2,1-3H3,(H2,22,23,24,25). The predicted octanol–water partition coefficient (Wildman–Crippen LogP) is 4.34. The first kappa shape index (κ1) is 16.8. The summed E-state index contributed by atoms with van der Waals surface area (Å²) in [7, 11) is 0. The highest BCUT2D eigenvalue weighted by Gasteiger charge is 2.09. The molecule has 5 heteroatoms. The Morgan fingerprint density at radius 3 is 2.16 bits per heavy atom. The van der Waals surface area contributed by atoms with E-state index in [0.29, 0.717) is 23.9 Å². The fraction of sp³-hybridized carbons (Fsp3) is 0.200. The maximum Gasteiger partial charge on any atom is 0.159 e. The number of benzene rings is 2. The first-order valence-corrected chi connectivity index (χ1v) is 8.26. The van der Waals surface area contributed by atoms with E-state index >= 15 is 0 Å². The molecule has 0 atom stereocenters. The molecule has 3 aromatic rings. The van der Waals surface area contributed by atoms with E-state index in [4.69, 9.17) is 5.73 Å². The van der Waals surface area contributed by atoms with Crippen LogP contribution in [-0.4, -0.2) is 9.97 Å². The van der Waals surface area contributed by atoms with Crippen LogP contribution in [-0.2, 0) is 6.54 Å². The minimum absolute atomic E-state index is 0.508. The second kappa shape index (κ2) is 7.21. The number of nitrogens with two attached hydrogens (primary N) is 1. The number of anilines is 4. The third-order valence-electron chi connectivity index (χ3n) is 3.95. The quantitative estimate of drug-likeness (QED) is 0.647. The van der Waals surface area contributed by atoms with Crippen LogP contribution in [0.5, 0.6) is 0 Å². The van der Waals surface area contributed by atoms with Crippen molar-refractivity contribution in [2.45, 2.75) is 27.3 Å². The molecule has 0 amide bonds. The lowest BCUT2D eigenvalue weighted by molar-refractivity contribution is 1.08. The van der Waals surface area contributed by atoms with E-state index in [2.05, 4.69) is 83.8 Å². The lowest BCUT2D eigenvalue weighted by Crippen LogP contribution is -2.08. The van der Waals surface area contributed by atoms with Gasteiger partial charge in [0, 0.05) is 12.2 Å². The Kier molecular flexibility index (Phi) is 4.84. The highest BCUT2D eigenvalue weighted by atomic mass is 15.1. The summed E-state index contributed by atoms with van der Waals surface area (Å²) in [6.07, 6.45) is 1.51. The summed E-state index contributed by atoms with van der Waals surface area (Å²) < 4.78 is 0. The van der Waals surface area contributed by atoms with Crippen molar-refractivity contribution in [3.8, 4) is 0 Å². The van der Waals surface area contributed by atoms with Crippen LogP contribution in [0.15, 0.2) is 48.8 Å². The number of nitrogens with one attached hydrogen (secondary N) is 2. The van der Waals surface area contributed by atoms with E-state index in [1.165, 1.54) is 28.6 Å². The topological polar surface area (TPSA) is 75.9 Å². The Bertz CT molecular complexity index is 852. The molecule has 0 unspecified atom stereocenters.